The van der Waals surface area contributed by atoms with Gasteiger partial charge in [0.2, 0.25) is 0 Å². The van der Waals surface area contributed by atoms with E-state index >= 15 is 0 Å². The van der Waals surface area contributed by atoms with E-state index in [1.165, 1.54) is 25.7 Å². The molecule has 4 heteroatoms. The molecule has 1 N–H and O–H groups in total. The average molecular weight is 387 g/mol. The Labute approximate surface area is 167 Å². The second kappa shape index (κ2) is 4.40. The summed E-state index contributed by atoms with van der Waals surface area (Å²) < 4.78 is 18.4. The van der Waals surface area contributed by atoms with Crippen molar-refractivity contribution < 1.29 is 19.3 Å². The third kappa shape index (κ3) is 1.51. The van der Waals surface area contributed by atoms with Crippen LogP contribution in [0.2, 0.25) is 0 Å². The zero-order chi connectivity index (χ0) is 18.7. The Morgan fingerprint density at radius 1 is 0.821 bits per heavy atom. The number of ether oxygens (including phenoxy) is 3. The van der Waals surface area contributed by atoms with Gasteiger partial charge in [-0.3, -0.25) is 0 Å². The summed E-state index contributed by atoms with van der Waals surface area (Å²) in [6.07, 6.45) is 8.00. The van der Waals surface area contributed by atoms with Crippen LogP contribution in [0.5, 0.6) is 0 Å². The molecule has 0 amide bonds. The number of epoxide rings is 1. The Kier molecular flexibility index (Phi) is 2.59. The highest BCUT2D eigenvalue weighted by molar-refractivity contribution is 5.32. The highest BCUT2D eigenvalue weighted by Crippen LogP contribution is 2.84. The fourth-order valence-corrected chi connectivity index (χ4v) is 10.6. The van der Waals surface area contributed by atoms with E-state index in [4.69, 9.17) is 14.2 Å². The van der Waals surface area contributed by atoms with E-state index in [0.29, 0.717) is 36.9 Å². The molecule has 4 nitrogen and oxygen atoms in total. The molecular weight excluding hydrogens is 352 g/mol. The Morgan fingerprint density at radius 3 is 2.32 bits per heavy atom. The minimum Gasteiger partial charge on any atom is -0.389 e. The lowest BCUT2D eigenvalue weighted by molar-refractivity contribution is -0.290. The SMILES string of the molecule is CC12CCC3(CC1(O)[C@@H]1C[C@@H]1C1C2CCC2(C)C1C1C[C@@H]1[C@@]21CO1)OCCO3. The molecule has 8 aliphatic rings. The van der Waals surface area contributed by atoms with E-state index in [1.54, 1.807) is 0 Å². The van der Waals surface area contributed by atoms with Gasteiger partial charge in [-0.25, -0.2) is 0 Å². The van der Waals surface area contributed by atoms with E-state index in [9.17, 15) is 5.11 Å². The van der Waals surface area contributed by atoms with Gasteiger partial charge < -0.3 is 19.3 Å². The van der Waals surface area contributed by atoms with Gasteiger partial charge in [-0.05, 0) is 73.5 Å². The molecule has 11 atom stereocenters. The maximum absolute atomic E-state index is 12.2. The van der Waals surface area contributed by atoms with Crippen molar-refractivity contribution >= 4 is 0 Å². The van der Waals surface area contributed by atoms with Crippen molar-refractivity contribution in [3.63, 3.8) is 0 Å². The topological polar surface area (TPSA) is 51.2 Å². The van der Waals surface area contributed by atoms with Crippen LogP contribution in [0.15, 0.2) is 0 Å². The highest BCUT2D eigenvalue weighted by Gasteiger charge is 2.85. The lowest BCUT2D eigenvalue weighted by Crippen LogP contribution is -2.67. The second-order valence-corrected chi connectivity index (χ2v) is 12.5. The average Bonchev–Trinajstić information content (AvgIpc) is 3.54. The summed E-state index contributed by atoms with van der Waals surface area (Å²) in [4.78, 5) is 0. The molecule has 2 heterocycles. The molecule has 28 heavy (non-hydrogen) atoms. The van der Waals surface area contributed by atoms with Crippen molar-refractivity contribution in [3.8, 4) is 0 Å². The maximum Gasteiger partial charge on any atom is 0.171 e. The molecular formula is C24H34O4. The molecule has 8 rings (SSSR count). The predicted octanol–water partition coefficient (Wildman–Crippen LogP) is 3.37. The molecule has 7 unspecified atom stereocenters. The smallest absolute Gasteiger partial charge is 0.171 e. The molecule has 0 radical (unpaired) electrons. The first-order chi connectivity index (χ1) is 13.4. The fourth-order valence-electron chi connectivity index (χ4n) is 10.6. The van der Waals surface area contributed by atoms with E-state index in [2.05, 4.69) is 13.8 Å². The van der Waals surface area contributed by atoms with Crippen LogP contribution in [0.4, 0.5) is 0 Å². The standard InChI is InChI=1S/C24H34O4/c1-20-5-6-22(26-7-8-27-22)11-23(20,25)16-9-13(16)18-15(20)3-4-21(2)19(18)14-10-17(14)24(21)12-28-24/h13-19,25H,3-12H2,1-2H3/t13-,14?,15?,16+,17-,18?,19?,20?,21?,23?,24-/m0/s1. The summed E-state index contributed by atoms with van der Waals surface area (Å²) >= 11 is 0. The van der Waals surface area contributed by atoms with Crippen molar-refractivity contribution in [2.45, 2.75) is 75.8 Å². The quantitative estimate of drug-likeness (QED) is 0.649. The molecule has 0 aromatic carbocycles. The van der Waals surface area contributed by atoms with Crippen LogP contribution in [0, 0.1) is 52.3 Å². The van der Waals surface area contributed by atoms with Gasteiger partial charge in [0.1, 0.15) is 5.60 Å². The molecule has 2 spiro atoms. The van der Waals surface area contributed by atoms with Crippen LogP contribution in [0.25, 0.3) is 0 Å². The van der Waals surface area contributed by atoms with Crippen LogP contribution in [0.1, 0.15) is 58.8 Å². The molecule has 154 valence electrons. The second-order valence-electron chi connectivity index (χ2n) is 12.5. The largest absolute Gasteiger partial charge is 0.389 e. The summed E-state index contributed by atoms with van der Waals surface area (Å²) in [7, 11) is 0. The van der Waals surface area contributed by atoms with E-state index in [0.717, 1.165) is 49.0 Å². The summed E-state index contributed by atoms with van der Waals surface area (Å²) in [6, 6.07) is 0. The maximum atomic E-state index is 12.2. The molecule has 0 bridgehead atoms. The summed E-state index contributed by atoms with van der Waals surface area (Å²) in [5, 5.41) is 12.2. The number of aliphatic hydroxyl groups is 1. The fraction of sp³-hybridized carbons (Fsp3) is 1.00. The number of hydrogen-bond donors (Lipinski definition) is 1. The first-order valence-electron chi connectivity index (χ1n) is 12.0. The van der Waals surface area contributed by atoms with Gasteiger partial charge in [-0.1, -0.05) is 13.8 Å². The number of rotatable bonds is 0. The number of fused-ring (bicyclic) bond motifs is 12. The van der Waals surface area contributed by atoms with E-state index < -0.39 is 11.4 Å². The Hall–Kier alpha value is -0.160. The van der Waals surface area contributed by atoms with E-state index in [-0.39, 0.29) is 11.0 Å². The Morgan fingerprint density at radius 2 is 1.57 bits per heavy atom. The van der Waals surface area contributed by atoms with Gasteiger partial charge >= 0.3 is 0 Å². The van der Waals surface area contributed by atoms with Gasteiger partial charge in [0.25, 0.3) is 0 Å². The molecule has 0 aromatic rings. The normalized spacial score (nSPS) is 69.3. The molecule has 2 saturated heterocycles. The third-order valence-electron chi connectivity index (χ3n) is 12.0. The van der Waals surface area contributed by atoms with Crippen molar-refractivity contribution in [1.82, 2.24) is 0 Å². The Bertz CT molecular complexity index is 771. The number of hydrogen-bond acceptors (Lipinski definition) is 4. The molecule has 0 aromatic heterocycles. The lowest BCUT2D eigenvalue weighted by Gasteiger charge is -2.65. The van der Waals surface area contributed by atoms with Gasteiger partial charge in [-0.15, -0.1) is 0 Å². The van der Waals surface area contributed by atoms with E-state index in [1.807, 2.05) is 0 Å². The zero-order valence-electron chi connectivity index (χ0n) is 17.3. The van der Waals surface area contributed by atoms with Gasteiger partial charge in [0.05, 0.1) is 25.4 Å². The van der Waals surface area contributed by atoms with Crippen LogP contribution < -0.4 is 0 Å². The van der Waals surface area contributed by atoms with Crippen LogP contribution in [0.3, 0.4) is 0 Å². The minimum atomic E-state index is -0.593. The van der Waals surface area contributed by atoms with Crippen LogP contribution >= 0.6 is 0 Å². The third-order valence-corrected chi connectivity index (χ3v) is 12.0. The van der Waals surface area contributed by atoms with Gasteiger partial charge in [-0.2, -0.15) is 0 Å². The first kappa shape index (κ1) is 16.5. The van der Waals surface area contributed by atoms with Gasteiger partial charge in [0, 0.05) is 23.7 Å². The van der Waals surface area contributed by atoms with Crippen LogP contribution in [-0.4, -0.2) is 41.9 Å². The highest BCUT2D eigenvalue weighted by atomic mass is 16.7. The zero-order valence-corrected chi connectivity index (χ0v) is 17.3. The monoisotopic (exact) mass is 386 g/mol. The van der Waals surface area contributed by atoms with Crippen molar-refractivity contribution in [1.29, 1.82) is 0 Å². The molecule has 6 saturated carbocycles. The molecule has 8 fully saturated rings. The summed E-state index contributed by atoms with van der Waals surface area (Å²) in [5.41, 5.74) is 0.106. The molecule has 2 aliphatic heterocycles. The minimum absolute atomic E-state index is 0.0295. The predicted molar refractivity (Wildman–Crippen MR) is 101 cm³/mol. The van der Waals surface area contributed by atoms with Crippen molar-refractivity contribution in [3.05, 3.63) is 0 Å². The summed E-state index contributed by atoms with van der Waals surface area (Å²) in [5.74, 6) is 4.86. The molecule has 6 aliphatic carbocycles. The first-order valence-corrected chi connectivity index (χ1v) is 12.0. The van der Waals surface area contributed by atoms with Crippen LogP contribution in [-0.2, 0) is 14.2 Å². The van der Waals surface area contributed by atoms with Gasteiger partial charge in [0.15, 0.2) is 5.79 Å². The Balaban J connectivity index is 1.21. The lowest BCUT2D eigenvalue weighted by atomic mass is 9.42. The van der Waals surface area contributed by atoms with Crippen molar-refractivity contribution in [2.24, 2.45) is 52.3 Å². The van der Waals surface area contributed by atoms with Crippen molar-refractivity contribution in [2.75, 3.05) is 19.8 Å². The summed E-state index contributed by atoms with van der Waals surface area (Å²) in [6.45, 7) is 7.46.